The van der Waals surface area contributed by atoms with Gasteiger partial charge in [-0.15, -0.1) is 0 Å². The van der Waals surface area contributed by atoms with E-state index >= 15 is 0 Å². The Morgan fingerprint density at radius 2 is 1.95 bits per heavy atom. The van der Waals surface area contributed by atoms with Crippen molar-refractivity contribution in [3.63, 3.8) is 0 Å². The second-order valence-corrected chi connectivity index (χ2v) is 3.90. The minimum Gasteiger partial charge on any atom is -0.493 e. The number of nitrogens with one attached hydrogen (secondary N) is 1. The molecule has 1 heterocycles. The molecule has 110 valence electrons. The van der Waals surface area contributed by atoms with E-state index in [1.807, 2.05) is 13.8 Å². The number of hydrogen-bond acceptors (Lipinski definition) is 4. The van der Waals surface area contributed by atoms with Gasteiger partial charge in [-0.3, -0.25) is 4.79 Å². The lowest BCUT2D eigenvalue weighted by atomic mass is 10.2. The molecule has 1 aromatic carbocycles. The minimum absolute atomic E-state index is 0.0250. The maximum Gasteiger partial charge on any atom is 0.175 e. The standard InChI is InChI=1S/C13H15NO4.C2H6/c1-8(16)10-5-9-6-13(18-4-3-15)12(17-2)7-11(9)14-10;1-2/h5-7,14-15H,3-4H2,1-2H3;1-2H3. The number of ketones is 1. The summed E-state index contributed by atoms with van der Waals surface area (Å²) in [5.41, 5.74) is 1.36. The molecule has 0 aliphatic carbocycles. The summed E-state index contributed by atoms with van der Waals surface area (Å²) in [5.74, 6) is 1.09. The number of aromatic amines is 1. The van der Waals surface area contributed by atoms with Gasteiger partial charge in [-0.1, -0.05) is 13.8 Å². The van der Waals surface area contributed by atoms with Crippen LogP contribution in [0, 0.1) is 0 Å². The van der Waals surface area contributed by atoms with Crippen LogP contribution in [-0.4, -0.2) is 36.2 Å². The van der Waals surface area contributed by atoms with Gasteiger partial charge in [0.15, 0.2) is 17.3 Å². The highest BCUT2D eigenvalue weighted by Gasteiger charge is 2.10. The van der Waals surface area contributed by atoms with Gasteiger partial charge in [0.25, 0.3) is 0 Å². The molecule has 5 heteroatoms. The molecular weight excluding hydrogens is 258 g/mol. The topological polar surface area (TPSA) is 71.6 Å². The highest BCUT2D eigenvalue weighted by molar-refractivity contribution is 5.98. The SMILES string of the molecule is CC.COc1cc2[nH]c(C(C)=O)cc2cc1OCCO. The van der Waals surface area contributed by atoms with Crippen molar-refractivity contribution in [3.8, 4) is 11.5 Å². The van der Waals surface area contributed by atoms with Gasteiger partial charge in [0, 0.05) is 23.9 Å². The molecule has 0 radical (unpaired) electrons. The summed E-state index contributed by atoms with van der Waals surface area (Å²) in [7, 11) is 1.54. The van der Waals surface area contributed by atoms with Gasteiger partial charge in [-0.05, 0) is 12.1 Å². The highest BCUT2D eigenvalue weighted by Crippen LogP contribution is 2.32. The van der Waals surface area contributed by atoms with Crippen molar-refractivity contribution in [2.75, 3.05) is 20.3 Å². The first-order valence-corrected chi connectivity index (χ1v) is 6.61. The lowest BCUT2D eigenvalue weighted by Gasteiger charge is -2.09. The van der Waals surface area contributed by atoms with E-state index in [1.165, 1.54) is 6.92 Å². The Kier molecular flexibility index (Phi) is 6.06. The number of fused-ring (bicyclic) bond motifs is 1. The fourth-order valence-electron chi connectivity index (χ4n) is 1.76. The zero-order valence-electron chi connectivity index (χ0n) is 12.3. The Hall–Kier alpha value is -2.01. The van der Waals surface area contributed by atoms with E-state index in [2.05, 4.69) is 4.98 Å². The van der Waals surface area contributed by atoms with Crippen LogP contribution in [0.1, 0.15) is 31.3 Å². The van der Waals surface area contributed by atoms with Gasteiger partial charge in [-0.2, -0.15) is 0 Å². The average molecular weight is 279 g/mol. The number of Topliss-reactive ketones (excluding diaryl/α,β-unsaturated/α-hetero) is 1. The predicted molar refractivity (Wildman–Crippen MR) is 78.8 cm³/mol. The molecule has 0 aliphatic rings. The Balaban J connectivity index is 0.000000956. The van der Waals surface area contributed by atoms with E-state index in [0.717, 1.165) is 10.9 Å². The Morgan fingerprint density at radius 3 is 2.50 bits per heavy atom. The van der Waals surface area contributed by atoms with Gasteiger partial charge in [0.2, 0.25) is 0 Å². The lowest BCUT2D eigenvalue weighted by molar-refractivity contribution is 0.101. The number of benzene rings is 1. The molecule has 0 saturated heterocycles. The van der Waals surface area contributed by atoms with Crippen LogP contribution in [0.25, 0.3) is 10.9 Å². The fraction of sp³-hybridized carbons (Fsp3) is 0.400. The quantitative estimate of drug-likeness (QED) is 0.826. The lowest BCUT2D eigenvalue weighted by Crippen LogP contribution is -2.02. The first-order valence-electron chi connectivity index (χ1n) is 6.61. The number of ether oxygens (including phenoxy) is 2. The summed E-state index contributed by atoms with van der Waals surface area (Å²) in [5, 5.41) is 9.63. The third kappa shape index (κ3) is 3.51. The summed E-state index contributed by atoms with van der Waals surface area (Å²) in [6.45, 7) is 5.64. The minimum atomic E-state index is -0.0625. The molecule has 0 amide bonds. The van der Waals surface area contributed by atoms with E-state index in [1.54, 1.807) is 25.3 Å². The number of methoxy groups -OCH3 is 1. The zero-order chi connectivity index (χ0) is 15.1. The van der Waals surface area contributed by atoms with Crippen LogP contribution in [0.15, 0.2) is 18.2 Å². The number of H-pyrrole nitrogens is 1. The van der Waals surface area contributed by atoms with Gasteiger partial charge in [0.1, 0.15) is 6.61 Å². The smallest absolute Gasteiger partial charge is 0.175 e. The molecule has 0 spiro atoms. The summed E-state index contributed by atoms with van der Waals surface area (Å²) in [6, 6.07) is 5.32. The Bertz CT molecular complexity index is 575. The van der Waals surface area contributed by atoms with Crippen molar-refractivity contribution in [2.24, 2.45) is 0 Å². The second-order valence-electron chi connectivity index (χ2n) is 3.90. The van der Waals surface area contributed by atoms with Crippen molar-refractivity contribution < 1.29 is 19.4 Å². The Morgan fingerprint density at radius 1 is 1.25 bits per heavy atom. The third-order valence-electron chi connectivity index (χ3n) is 2.63. The molecule has 2 rings (SSSR count). The summed E-state index contributed by atoms with van der Waals surface area (Å²) < 4.78 is 10.6. The van der Waals surface area contributed by atoms with Crippen LogP contribution < -0.4 is 9.47 Å². The summed E-state index contributed by atoms with van der Waals surface area (Å²) in [6.07, 6.45) is 0. The molecule has 0 bridgehead atoms. The van der Waals surface area contributed by atoms with Crippen molar-refractivity contribution in [1.29, 1.82) is 0 Å². The first kappa shape index (κ1) is 16.0. The van der Waals surface area contributed by atoms with Crippen LogP contribution in [0.5, 0.6) is 11.5 Å². The molecular formula is C15H21NO4. The van der Waals surface area contributed by atoms with Crippen LogP contribution in [0.3, 0.4) is 0 Å². The van der Waals surface area contributed by atoms with Gasteiger partial charge in [-0.25, -0.2) is 0 Å². The maximum atomic E-state index is 11.3. The molecule has 1 aromatic heterocycles. The van der Waals surface area contributed by atoms with Crippen molar-refractivity contribution >= 4 is 16.7 Å². The first-order chi connectivity index (χ1) is 9.65. The number of rotatable bonds is 5. The molecule has 2 aromatic rings. The van der Waals surface area contributed by atoms with Crippen molar-refractivity contribution in [2.45, 2.75) is 20.8 Å². The molecule has 0 aliphatic heterocycles. The molecule has 20 heavy (non-hydrogen) atoms. The van der Waals surface area contributed by atoms with E-state index in [-0.39, 0.29) is 19.0 Å². The van der Waals surface area contributed by atoms with E-state index in [9.17, 15) is 4.79 Å². The molecule has 0 atom stereocenters. The van der Waals surface area contributed by atoms with Crippen LogP contribution >= 0.6 is 0 Å². The van der Waals surface area contributed by atoms with E-state index in [4.69, 9.17) is 14.6 Å². The maximum absolute atomic E-state index is 11.3. The van der Waals surface area contributed by atoms with Crippen molar-refractivity contribution in [1.82, 2.24) is 4.98 Å². The average Bonchev–Trinajstić information content (AvgIpc) is 2.89. The van der Waals surface area contributed by atoms with Gasteiger partial charge >= 0.3 is 0 Å². The number of aliphatic hydroxyl groups is 1. The Labute approximate surface area is 118 Å². The summed E-state index contributed by atoms with van der Waals surface area (Å²) in [4.78, 5) is 14.3. The second kappa shape index (κ2) is 7.55. The van der Waals surface area contributed by atoms with Gasteiger partial charge in [0.05, 0.1) is 19.4 Å². The normalized spacial score (nSPS) is 9.85. The summed E-state index contributed by atoms with van der Waals surface area (Å²) >= 11 is 0. The predicted octanol–water partition coefficient (Wildman–Crippen LogP) is 2.78. The molecule has 0 fully saturated rings. The number of aromatic nitrogens is 1. The fourth-order valence-corrected chi connectivity index (χ4v) is 1.76. The molecule has 0 unspecified atom stereocenters. The molecule has 0 saturated carbocycles. The van der Waals surface area contributed by atoms with Crippen LogP contribution in [0.4, 0.5) is 0 Å². The number of aliphatic hydroxyl groups excluding tert-OH is 1. The van der Waals surface area contributed by atoms with Crippen LogP contribution in [0.2, 0.25) is 0 Å². The van der Waals surface area contributed by atoms with Gasteiger partial charge < -0.3 is 19.6 Å². The van der Waals surface area contributed by atoms with E-state index in [0.29, 0.717) is 17.2 Å². The van der Waals surface area contributed by atoms with Crippen molar-refractivity contribution in [3.05, 3.63) is 23.9 Å². The number of hydrogen-bond donors (Lipinski definition) is 2. The number of carbonyl (C=O) groups excluding carboxylic acids is 1. The largest absolute Gasteiger partial charge is 0.493 e. The highest BCUT2D eigenvalue weighted by atomic mass is 16.5. The monoisotopic (exact) mass is 279 g/mol. The van der Waals surface area contributed by atoms with Crippen LogP contribution in [-0.2, 0) is 0 Å². The third-order valence-corrected chi connectivity index (χ3v) is 2.63. The van der Waals surface area contributed by atoms with E-state index < -0.39 is 0 Å². The zero-order valence-corrected chi connectivity index (χ0v) is 12.3. The molecule has 5 nitrogen and oxygen atoms in total. The number of carbonyl (C=O) groups is 1. The molecule has 2 N–H and O–H groups in total.